The van der Waals surface area contributed by atoms with Gasteiger partial charge in [0, 0.05) is 44.5 Å². The summed E-state index contributed by atoms with van der Waals surface area (Å²) in [5.41, 5.74) is 2.28. The zero-order chi connectivity index (χ0) is 15.4. The monoisotopic (exact) mass is 298 g/mol. The SMILES string of the molecule is Cc1ccnn1CCC(=O)N1CCNCC1c1ccccc1. The van der Waals surface area contributed by atoms with Gasteiger partial charge in [0.05, 0.1) is 6.04 Å². The maximum Gasteiger partial charge on any atom is 0.225 e. The third-order valence-corrected chi connectivity index (χ3v) is 4.21. The van der Waals surface area contributed by atoms with E-state index in [-0.39, 0.29) is 11.9 Å². The summed E-state index contributed by atoms with van der Waals surface area (Å²) in [4.78, 5) is 14.6. The van der Waals surface area contributed by atoms with E-state index in [4.69, 9.17) is 0 Å². The maximum absolute atomic E-state index is 12.6. The number of carbonyl (C=O) groups excluding carboxylic acids is 1. The third-order valence-electron chi connectivity index (χ3n) is 4.21. The number of rotatable bonds is 4. The molecular formula is C17H22N4O. The van der Waals surface area contributed by atoms with Crippen LogP contribution in [0.3, 0.4) is 0 Å². The van der Waals surface area contributed by atoms with E-state index in [9.17, 15) is 4.79 Å². The molecule has 1 saturated heterocycles. The Hall–Kier alpha value is -2.14. The molecule has 22 heavy (non-hydrogen) atoms. The average molecular weight is 298 g/mol. The molecule has 1 aromatic carbocycles. The first-order valence-electron chi connectivity index (χ1n) is 7.79. The molecule has 1 amide bonds. The fourth-order valence-corrected chi connectivity index (χ4v) is 2.95. The first kappa shape index (κ1) is 14.8. The highest BCUT2D eigenvalue weighted by Gasteiger charge is 2.27. The number of hydrogen-bond acceptors (Lipinski definition) is 3. The second-order valence-electron chi connectivity index (χ2n) is 5.66. The van der Waals surface area contributed by atoms with Crippen LogP contribution in [-0.4, -0.2) is 40.2 Å². The highest BCUT2D eigenvalue weighted by Crippen LogP contribution is 2.22. The lowest BCUT2D eigenvalue weighted by molar-refractivity contribution is -0.134. The number of carbonyl (C=O) groups is 1. The van der Waals surface area contributed by atoms with E-state index in [1.807, 2.05) is 40.8 Å². The van der Waals surface area contributed by atoms with Crippen LogP contribution in [0, 0.1) is 6.92 Å². The maximum atomic E-state index is 12.6. The number of benzene rings is 1. The summed E-state index contributed by atoms with van der Waals surface area (Å²) >= 11 is 0. The quantitative estimate of drug-likeness (QED) is 0.935. The van der Waals surface area contributed by atoms with Crippen LogP contribution >= 0.6 is 0 Å². The van der Waals surface area contributed by atoms with Gasteiger partial charge in [-0.1, -0.05) is 30.3 Å². The Labute approximate surface area is 130 Å². The molecule has 1 atom stereocenters. The van der Waals surface area contributed by atoms with Gasteiger partial charge >= 0.3 is 0 Å². The molecule has 0 aliphatic carbocycles. The zero-order valence-corrected chi connectivity index (χ0v) is 12.9. The van der Waals surface area contributed by atoms with Crippen LogP contribution < -0.4 is 5.32 Å². The Morgan fingerprint density at radius 2 is 2.14 bits per heavy atom. The van der Waals surface area contributed by atoms with Gasteiger partial charge in [-0.25, -0.2) is 0 Å². The normalized spacial score (nSPS) is 18.4. The molecule has 1 unspecified atom stereocenters. The van der Waals surface area contributed by atoms with Gasteiger partial charge in [-0.15, -0.1) is 0 Å². The number of aromatic nitrogens is 2. The van der Waals surface area contributed by atoms with Crippen molar-refractivity contribution in [2.75, 3.05) is 19.6 Å². The van der Waals surface area contributed by atoms with Crippen molar-refractivity contribution in [1.29, 1.82) is 0 Å². The van der Waals surface area contributed by atoms with E-state index in [2.05, 4.69) is 22.5 Å². The summed E-state index contributed by atoms with van der Waals surface area (Å²) in [6, 6.07) is 12.3. The minimum absolute atomic E-state index is 0.126. The Bertz CT molecular complexity index is 623. The number of hydrogen-bond donors (Lipinski definition) is 1. The third kappa shape index (κ3) is 3.20. The lowest BCUT2D eigenvalue weighted by Crippen LogP contribution is -2.48. The Balaban J connectivity index is 1.68. The topological polar surface area (TPSA) is 50.2 Å². The fourth-order valence-electron chi connectivity index (χ4n) is 2.95. The van der Waals surface area contributed by atoms with Crippen LogP contribution in [0.25, 0.3) is 0 Å². The molecule has 5 heteroatoms. The van der Waals surface area contributed by atoms with Gasteiger partial charge in [-0.05, 0) is 18.6 Å². The van der Waals surface area contributed by atoms with Gasteiger partial charge in [-0.3, -0.25) is 9.48 Å². The largest absolute Gasteiger partial charge is 0.333 e. The standard InChI is InChI=1S/C17H22N4O/c1-14-7-9-19-21(14)11-8-17(22)20-12-10-18-13-16(20)15-5-3-2-4-6-15/h2-7,9,16,18H,8,10-13H2,1H3. The highest BCUT2D eigenvalue weighted by molar-refractivity contribution is 5.76. The van der Waals surface area contributed by atoms with Gasteiger partial charge in [0.15, 0.2) is 0 Å². The number of amides is 1. The van der Waals surface area contributed by atoms with Crippen LogP contribution in [0.5, 0.6) is 0 Å². The molecule has 1 fully saturated rings. The lowest BCUT2D eigenvalue weighted by Gasteiger charge is -2.36. The fraction of sp³-hybridized carbons (Fsp3) is 0.412. The molecule has 2 aromatic rings. The molecule has 2 heterocycles. The zero-order valence-electron chi connectivity index (χ0n) is 12.9. The average Bonchev–Trinajstić information content (AvgIpc) is 2.98. The summed E-state index contributed by atoms with van der Waals surface area (Å²) in [7, 11) is 0. The molecule has 1 aliphatic rings. The second kappa shape index (κ2) is 6.75. The number of nitrogens with zero attached hydrogens (tertiary/aromatic N) is 3. The van der Waals surface area contributed by atoms with Crippen molar-refractivity contribution < 1.29 is 4.79 Å². The van der Waals surface area contributed by atoms with Crippen LogP contribution in [-0.2, 0) is 11.3 Å². The lowest BCUT2D eigenvalue weighted by atomic mass is 10.0. The predicted molar refractivity (Wildman–Crippen MR) is 85.3 cm³/mol. The summed E-state index contributed by atoms with van der Waals surface area (Å²) in [6.07, 6.45) is 2.27. The van der Waals surface area contributed by atoms with Gasteiger partial charge in [0.2, 0.25) is 5.91 Å². The molecule has 0 radical (unpaired) electrons. The number of nitrogens with one attached hydrogen (secondary N) is 1. The predicted octanol–water partition coefficient (Wildman–Crippen LogP) is 1.75. The molecule has 116 valence electrons. The molecule has 1 N–H and O–H groups in total. The van der Waals surface area contributed by atoms with Crippen LogP contribution in [0.4, 0.5) is 0 Å². The Kier molecular flexibility index (Phi) is 4.53. The van der Waals surface area contributed by atoms with Gasteiger partial charge in [-0.2, -0.15) is 5.10 Å². The molecule has 0 saturated carbocycles. The minimum atomic E-state index is 0.126. The second-order valence-corrected chi connectivity index (χ2v) is 5.66. The Morgan fingerprint density at radius 1 is 1.32 bits per heavy atom. The van der Waals surface area contributed by atoms with E-state index in [1.165, 1.54) is 5.56 Å². The number of aryl methyl sites for hydroxylation is 2. The molecule has 0 spiro atoms. The molecule has 1 aromatic heterocycles. The van der Waals surface area contributed by atoms with Crippen molar-refractivity contribution in [2.24, 2.45) is 0 Å². The highest BCUT2D eigenvalue weighted by atomic mass is 16.2. The summed E-state index contributed by atoms with van der Waals surface area (Å²) in [5.74, 6) is 0.199. The van der Waals surface area contributed by atoms with Crippen molar-refractivity contribution in [2.45, 2.75) is 25.9 Å². The van der Waals surface area contributed by atoms with E-state index < -0.39 is 0 Å². The van der Waals surface area contributed by atoms with Gasteiger partial charge < -0.3 is 10.2 Å². The van der Waals surface area contributed by atoms with Crippen LogP contribution in [0.2, 0.25) is 0 Å². The van der Waals surface area contributed by atoms with Crippen molar-refractivity contribution in [1.82, 2.24) is 20.0 Å². The first-order valence-corrected chi connectivity index (χ1v) is 7.79. The summed E-state index contributed by atoms with van der Waals surface area (Å²) < 4.78 is 1.89. The van der Waals surface area contributed by atoms with E-state index in [0.29, 0.717) is 13.0 Å². The van der Waals surface area contributed by atoms with Crippen molar-refractivity contribution in [3.63, 3.8) is 0 Å². The van der Waals surface area contributed by atoms with Crippen molar-refractivity contribution in [3.05, 3.63) is 53.9 Å². The van der Waals surface area contributed by atoms with Crippen molar-refractivity contribution in [3.8, 4) is 0 Å². The van der Waals surface area contributed by atoms with E-state index in [0.717, 1.165) is 25.3 Å². The van der Waals surface area contributed by atoms with E-state index >= 15 is 0 Å². The Morgan fingerprint density at radius 3 is 2.86 bits per heavy atom. The van der Waals surface area contributed by atoms with E-state index in [1.54, 1.807) is 6.20 Å². The van der Waals surface area contributed by atoms with Crippen LogP contribution in [0.15, 0.2) is 42.6 Å². The molecule has 3 rings (SSSR count). The molecule has 5 nitrogen and oxygen atoms in total. The van der Waals surface area contributed by atoms with Gasteiger partial charge in [0.25, 0.3) is 0 Å². The van der Waals surface area contributed by atoms with Crippen LogP contribution in [0.1, 0.15) is 23.7 Å². The summed E-state index contributed by atoms with van der Waals surface area (Å²) in [6.45, 7) is 5.08. The minimum Gasteiger partial charge on any atom is -0.333 e. The number of piperazine rings is 1. The molecule has 0 bridgehead atoms. The smallest absolute Gasteiger partial charge is 0.225 e. The summed E-state index contributed by atoms with van der Waals surface area (Å²) in [5, 5.41) is 7.63. The molecular weight excluding hydrogens is 276 g/mol. The first-order chi connectivity index (χ1) is 10.8. The molecule has 1 aliphatic heterocycles. The van der Waals surface area contributed by atoms with Crippen molar-refractivity contribution >= 4 is 5.91 Å². The van der Waals surface area contributed by atoms with Gasteiger partial charge in [0.1, 0.15) is 0 Å².